The van der Waals surface area contributed by atoms with Crippen LogP contribution in [0.1, 0.15) is 34.5 Å². The Bertz CT molecular complexity index is 1050. The molecule has 0 aliphatic heterocycles. The monoisotopic (exact) mass is 416 g/mol. The van der Waals surface area contributed by atoms with E-state index >= 15 is 0 Å². The van der Waals surface area contributed by atoms with Gasteiger partial charge in [-0.25, -0.2) is 4.79 Å². The van der Waals surface area contributed by atoms with Gasteiger partial charge in [0.2, 0.25) is 0 Å². The lowest BCUT2D eigenvalue weighted by Gasteiger charge is -2.20. The number of urea groups is 1. The molecule has 0 aliphatic rings. The first kappa shape index (κ1) is 21.9. The van der Waals surface area contributed by atoms with Crippen LogP contribution in [0.15, 0.2) is 72.8 Å². The molecule has 0 heterocycles. The minimum Gasteiger partial charge on any atom is -0.377 e. The zero-order chi connectivity index (χ0) is 22.4. The van der Waals surface area contributed by atoms with Crippen LogP contribution in [0.3, 0.4) is 0 Å². The zero-order valence-electron chi connectivity index (χ0n) is 18.3. The van der Waals surface area contributed by atoms with Crippen LogP contribution in [-0.2, 0) is 0 Å². The fraction of sp³-hybridized carbons (Fsp3) is 0.200. The molecule has 0 spiro atoms. The van der Waals surface area contributed by atoms with Gasteiger partial charge in [-0.05, 0) is 49.7 Å². The van der Waals surface area contributed by atoms with E-state index in [1.54, 1.807) is 12.1 Å². The Kier molecular flexibility index (Phi) is 6.92. The number of aryl methyl sites for hydroxylation is 1. The first-order valence-electron chi connectivity index (χ1n) is 10.2. The number of benzene rings is 3. The van der Waals surface area contributed by atoms with Gasteiger partial charge in [0.25, 0.3) is 5.91 Å². The third-order valence-electron chi connectivity index (χ3n) is 4.94. The average Bonchev–Trinajstić information content (AvgIpc) is 2.75. The molecule has 3 N–H and O–H groups in total. The minimum absolute atomic E-state index is 0.148. The Balaban J connectivity index is 1.76. The van der Waals surface area contributed by atoms with Crippen molar-refractivity contribution in [2.24, 2.45) is 0 Å². The van der Waals surface area contributed by atoms with Crippen LogP contribution in [0, 0.1) is 6.92 Å². The van der Waals surface area contributed by atoms with Crippen LogP contribution in [0.2, 0.25) is 0 Å². The van der Waals surface area contributed by atoms with E-state index in [0.29, 0.717) is 16.9 Å². The van der Waals surface area contributed by atoms with Crippen molar-refractivity contribution in [2.45, 2.75) is 19.9 Å². The van der Waals surface area contributed by atoms with Gasteiger partial charge >= 0.3 is 6.03 Å². The summed E-state index contributed by atoms with van der Waals surface area (Å²) in [7, 11) is 3.76. The van der Waals surface area contributed by atoms with E-state index in [0.717, 1.165) is 16.8 Å². The van der Waals surface area contributed by atoms with Crippen molar-refractivity contribution in [3.63, 3.8) is 0 Å². The van der Waals surface area contributed by atoms with Gasteiger partial charge in [-0.3, -0.25) is 4.79 Å². The van der Waals surface area contributed by atoms with E-state index in [9.17, 15) is 9.59 Å². The van der Waals surface area contributed by atoms with Crippen molar-refractivity contribution < 1.29 is 9.59 Å². The Morgan fingerprint density at radius 1 is 0.839 bits per heavy atom. The van der Waals surface area contributed by atoms with Gasteiger partial charge in [-0.2, -0.15) is 0 Å². The van der Waals surface area contributed by atoms with Crippen LogP contribution in [0.25, 0.3) is 0 Å². The second-order valence-corrected chi connectivity index (χ2v) is 7.68. The first-order valence-corrected chi connectivity index (χ1v) is 10.2. The van der Waals surface area contributed by atoms with Crippen LogP contribution >= 0.6 is 0 Å². The topological polar surface area (TPSA) is 73.5 Å². The van der Waals surface area contributed by atoms with Crippen LogP contribution in [0.4, 0.5) is 21.9 Å². The molecule has 0 radical (unpaired) electrons. The second-order valence-electron chi connectivity index (χ2n) is 7.68. The molecule has 0 saturated carbocycles. The van der Waals surface area contributed by atoms with Gasteiger partial charge in [0.1, 0.15) is 0 Å². The molecule has 1 unspecified atom stereocenters. The molecule has 3 rings (SSSR count). The van der Waals surface area contributed by atoms with Crippen LogP contribution < -0.4 is 20.9 Å². The van der Waals surface area contributed by atoms with E-state index < -0.39 is 0 Å². The number of amides is 3. The Labute approximate surface area is 183 Å². The molecule has 0 bridgehead atoms. The standard InChI is InChI=1S/C25H28N4O2/c1-17-10-12-20(13-11-17)27-25(31)28-21-14-15-23(29(3)4)22(16-21)24(30)26-18(2)19-8-6-5-7-9-19/h5-16,18H,1-4H3,(H,26,30)(H2,27,28,31). The number of carbonyl (C=O) groups excluding carboxylic acids is 2. The minimum atomic E-state index is -0.370. The lowest BCUT2D eigenvalue weighted by atomic mass is 10.1. The van der Waals surface area contributed by atoms with Crippen LogP contribution in [-0.4, -0.2) is 26.0 Å². The van der Waals surface area contributed by atoms with Crippen molar-refractivity contribution in [3.8, 4) is 0 Å². The van der Waals surface area contributed by atoms with E-state index in [-0.39, 0.29) is 18.0 Å². The molecular formula is C25H28N4O2. The number of hydrogen-bond donors (Lipinski definition) is 3. The molecule has 3 aromatic carbocycles. The van der Waals surface area contributed by atoms with Gasteiger partial charge in [0.15, 0.2) is 0 Å². The summed E-state index contributed by atoms with van der Waals surface area (Å²) in [6, 6.07) is 22.1. The normalized spacial score (nSPS) is 11.4. The summed E-state index contributed by atoms with van der Waals surface area (Å²) in [5.74, 6) is -0.206. The van der Waals surface area contributed by atoms with Crippen molar-refractivity contribution in [3.05, 3.63) is 89.5 Å². The van der Waals surface area contributed by atoms with E-state index in [1.807, 2.05) is 93.5 Å². The fourth-order valence-corrected chi connectivity index (χ4v) is 3.22. The SMILES string of the molecule is Cc1ccc(NC(=O)Nc2ccc(N(C)C)c(C(=O)NC(C)c3ccccc3)c2)cc1. The number of hydrogen-bond acceptors (Lipinski definition) is 3. The molecule has 0 aliphatic carbocycles. The second kappa shape index (κ2) is 9.80. The van der Waals surface area contributed by atoms with Gasteiger partial charge in [0, 0.05) is 31.2 Å². The van der Waals surface area contributed by atoms with Crippen LogP contribution in [0.5, 0.6) is 0 Å². The maximum atomic E-state index is 13.0. The summed E-state index contributed by atoms with van der Waals surface area (Å²) >= 11 is 0. The summed E-state index contributed by atoms with van der Waals surface area (Å²) in [6.45, 7) is 3.93. The summed E-state index contributed by atoms with van der Waals surface area (Å²) in [5.41, 5.74) is 4.62. The molecule has 3 amide bonds. The number of rotatable bonds is 6. The van der Waals surface area contributed by atoms with E-state index in [2.05, 4.69) is 16.0 Å². The highest BCUT2D eigenvalue weighted by Gasteiger charge is 2.17. The third kappa shape index (κ3) is 5.85. The van der Waals surface area contributed by atoms with Crippen molar-refractivity contribution in [2.75, 3.05) is 29.6 Å². The first-order chi connectivity index (χ1) is 14.8. The Morgan fingerprint density at radius 2 is 1.45 bits per heavy atom. The summed E-state index contributed by atoms with van der Waals surface area (Å²) < 4.78 is 0. The lowest BCUT2D eigenvalue weighted by Crippen LogP contribution is -2.28. The lowest BCUT2D eigenvalue weighted by molar-refractivity contribution is 0.0940. The smallest absolute Gasteiger partial charge is 0.323 e. The van der Waals surface area contributed by atoms with E-state index in [4.69, 9.17) is 0 Å². The summed E-state index contributed by atoms with van der Waals surface area (Å²) in [4.78, 5) is 27.3. The van der Waals surface area contributed by atoms with Gasteiger partial charge in [-0.15, -0.1) is 0 Å². The van der Waals surface area contributed by atoms with Gasteiger partial charge < -0.3 is 20.9 Å². The summed E-state index contributed by atoms with van der Waals surface area (Å²) in [6.07, 6.45) is 0. The third-order valence-corrected chi connectivity index (χ3v) is 4.94. The number of nitrogens with one attached hydrogen (secondary N) is 3. The van der Waals surface area contributed by atoms with E-state index in [1.165, 1.54) is 0 Å². The quantitative estimate of drug-likeness (QED) is 0.517. The fourth-order valence-electron chi connectivity index (χ4n) is 3.22. The molecule has 3 aromatic rings. The molecule has 31 heavy (non-hydrogen) atoms. The molecule has 160 valence electrons. The summed E-state index contributed by atoms with van der Waals surface area (Å²) in [5, 5.41) is 8.64. The van der Waals surface area contributed by atoms with Crippen molar-refractivity contribution >= 4 is 29.0 Å². The number of anilines is 3. The van der Waals surface area contributed by atoms with Crippen molar-refractivity contribution in [1.82, 2.24) is 5.32 Å². The maximum Gasteiger partial charge on any atom is 0.323 e. The molecule has 0 aromatic heterocycles. The highest BCUT2D eigenvalue weighted by molar-refractivity contribution is 6.04. The highest BCUT2D eigenvalue weighted by Crippen LogP contribution is 2.24. The molecule has 0 saturated heterocycles. The number of carbonyl (C=O) groups is 2. The Morgan fingerprint density at radius 3 is 2.10 bits per heavy atom. The average molecular weight is 417 g/mol. The Hall–Kier alpha value is -3.80. The zero-order valence-corrected chi connectivity index (χ0v) is 18.3. The number of nitrogens with zero attached hydrogens (tertiary/aromatic N) is 1. The molecule has 6 nitrogen and oxygen atoms in total. The predicted molar refractivity (Wildman–Crippen MR) is 127 cm³/mol. The highest BCUT2D eigenvalue weighted by atomic mass is 16.2. The van der Waals surface area contributed by atoms with Gasteiger partial charge in [0.05, 0.1) is 11.6 Å². The molecule has 0 fully saturated rings. The molecule has 6 heteroatoms. The van der Waals surface area contributed by atoms with Crippen molar-refractivity contribution in [1.29, 1.82) is 0 Å². The maximum absolute atomic E-state index is 13.0. The molecule has 1 atom stereocenters. The predicted octanol–water partition coefficient (Wildman–Crippen LogP) is 5.20. The van der Waals surface area contributed by atoms with Gasteiger partial charge in [-0.1, -0.05) is 48.0 Å². The molecular weight excluding hydrogens is 388 g/mol. The largest absolute Gasteiger partial charge is 0.377 e.